The summed E-state index contributed by atoms with van der Waals surface area (Å²) >= 11 is 11.6. The van der Waals surface area contributed by atoms with Crippen molar-refractivity contribution >= 4 is 29.0 Å². The van der Waals surface area contributed by atoms with Gasteiger partial charge in [-0.3, -0.25) is 4.68 Å². The Kier molecular flexibility index (Phi) is 3.26. The van der Waals surface area contributed by atoms with Gasteiger partial charge in [0.25, 0.3) is 0 Å². The van der Waals surface area contributed by atoms with Gasteiger partial charge in [-0.25, -0.2) is 4.98 Å². The molecule has 2 heterocycles. The second kappa shape index (κ2) is 4.67. The van der Waals surface area contributed by atoms with E-state index >= 15 is 0 Å². The Morgan fingerprint density at radius 3 is 2.94 bits per heavy atom. The number of nitrogens with one attached hydrogen (secondary N) is 1. The van der Waals surface area contributed by atoms with Crippen molar-refractivity contribution in [3.8, 4) is 0 Å². The van der Waals surface area contributed by atoms with Crippen LogP contribution in [0.15, 0.2) is 18.5 Å². The second-order valence-electron chi connectivity index (χ2n) is 3.14. The molecule has 2 rings (SSSR count). The minimum atomic E-state index is 0.164. The van der Waals surface area contributed by atoms with Crippen LogP contribution in [0.4, 0.5) is 5.82 Å². The lowest BCUT2D eigenvalue weighted by Crippen LogP contribution is -2.07. The van der Waals surface area contributed by atoms with E-state index in [2.05, 4.69) is 20.4 Å². The van der Waals surface area contributed by atoms with E-state index < -0.39 is 0 Å². The third-order valence-electron chi connectivity index (χ3n) is 2.07. The van der Waals surface area contributed by atoms with Crippen molar-refractivity contribution in [2.75, 3.05) is 5.32 Å². The predicted octanol–water partition coefficient (Wildman–Crippen LogP) is 2.13. The molecule has 0 amide bonds. The number of anilines is 1. The van der Waals surface area contributed by atoms with Crippen LogP contribution >= 0.6 is 23.2 Å². The van der Waals surface area contributed by atoms with Crippen molar-refractivity contribution in [3.05, 3.63) is 34.5 Å². The standard InChI is InChI=1S/C9H9Cl2N5/c1-16-6(2-3-14-16)4-12-8-7(10)5-13-9(11)15-8/h2-3,5H,4H2,1H3,(H,12,13,15). The SMILES string of the molecule is Cn1nccc1CNc1nc(Cl)ncc1Cl. The van der Waals surface area contributed by atoms with Gasteiger partial charge < -0.3 is 5.32 Å². The second-order valence-corrected chi connectivity index (χ2v) is 3.88. The van der Waals surface area contributed by atoms with Crippen molar-refractivity contribution in [3.63, 3.8) is 0 Å². The molecule has 16 heavy (non-hydrogen) atoms. The summed E-state index contributed by atoms with van der Waals surface area (Å²) in [6.45, 7) is 0.573. The Morgan fingerprint density at radius 2 is 2.25 bits per heavy atom. The molecule has 0 bridgehead atoms. The van der Waals surface area contributed by atoms with E-state index in [1.165, 1.54) is 6.20 Å². The normalized spacial score (nSPS) is 10.4. The molecule has 0 aliphatic heterocycles. The zero-order valence-electron chi connectivity index (χ0n) is 8.48. The van der Waals surface area contributed by atoms with Crippen LogP contribution in [-0.4, -0.2) is 19.7 Å². The first kappa shape index (κ1) is 11.2. The zero-order valence-corrected chi connectivity index (χ0v) is 10.00. The number of aromatic nitrogens is 4. The van der Waals surface area contributed by atoms with Crippen LogP contribution in [0.3, 0.4) is 0 Å². The molecule has 0 aliphatic rings. The van der Waals surface area contributed by atoms with Crippen LogP contribution in [0.5, 0.6) is 0 Å². The summed E-state index contributed by atoms with van der Waals surface area (Å²) in [4.78, 5) is 7.75. The Labute approximate surface area is 102 Å². The molecule has 0 aromatic carbocycles. The van der Waals surface area contributed by atoms with Crippen LogP contribution < -0.4 is 5.32 Å². The highest BCUT2D eigenvalue weighted by Gasteiger charge is 2.05. The van der Waals surface area contributed by atoms with Crippen LogP contribution in [0.25, 0.3) is 0 Å². The van der Waals surface area contributed by atoms with Gasteiger partial charge in [-0.2, -0.15) is 10.1 Å². The highest BCUT2D eigenvalue weighted by atomic mass is 35.5. The number of nitrogens with zero attached hydrogens (tertiary/aromatic N) is 4. The summed E-state index contributed by atoms with van der Waals surface area (Å²) in [6, 6.07) is 1.91. The number of halogens is 2. The van der Waals surface area contributed by atoms with Crippen LogP contribution in [0.1, 0.15) is 5.69 Å². The zero-order chi connectivity index (χ0) is 11.5. The number of aryl methyl sites for hydroxylation is 1. The molecule has 0 unspecified atom stereocenters. The largest absolute Gasteiger partial charge is 0.363 e. The van der Waals surface area contributed by atoms with E-state index in [-0.39, 0.29) is 5.28 Å². The van der Waals surface area contributed by atoms with Crippen molar-refractivity contribution in [1.82, 2.24) is 19.7 Å². The molecule has 2 aromatic heterocycles. The lowest BCUT2D eigenvalue weighted by Gasteiger charge is -2.07. The van der Waals surface area contributed by atoms with Gasteiger partial charge in [0.15, 0.2) is 0 Å². The van der Waals surface area contributed by atoms with Crippen molar-refractivity contribution in [2.24, 2.45) is 7.05 Å². The summed E-state index contributed by atoms with van der Waals surface area (Å²) in [5.41, 5.74) is 1.02. The molecule has 0 atom stereocenters. The summed E-state index contributed by atoms with van der Waals surface area (Å²) in [5.74, 6) is 0.517. The molecular formula is C9H9Cl2N5. The Morgan fingerprint density at radius 1 is 1.44 bits per heavy atom. The average Bonchev–Trinajstić information content (AvgIpc) is 2.66. The van der Waals surface area contributed by atoms with E-state index in [4.69, 9.17) is 23.2 Å². The lowest BCUT2D eigenvalue weighted by atomic mass is 10.4. The Hall–Kier alpha value is -1.33. The average molecular weight is 258 g/mol. The smallest absolute Gasteiger partial charge is 0.224 e. The quantitative estimate of drug-likeness (QED) is 0.857. The molecule has 0 fully saturated rings. The van der Waals surface area contributed by atoms with E-state index in [1.807, 2.05) is 13.1 Å². The summed E-state index contributed by atoms with van der Waals surface area (Å²) < 4.78 is 1.77. The minimum absolute atomic E-state index is 0.164. The monoisotopic (exact) mass is 257 g/mol. The van der Waals surface area contributed by atoms with Crippen molar-refractivity contribution < 1.29 is 0 Å². The summed E-state index contributed by atoms with van der Waals surface area (Å²) in [6.07, 6.45) is 3.19. The maximum Gasteiger partial charge on any atom is 0.224 e. The number of hydrogen-bond acceptors (Lipinski definition) is 4. The molecule has 5 nitrogen and oxygen atoms in total. The van der Waals surface area contributed by atoms with E-state index in [9.17, 15) is 0 Å². The van der Waals surface area contributed by atoms with Crippen molar-refractivity contribution in [1.29, 1.82) is 0 Å². The van der Waals surface area contributed by atoms with Gasteiger partial charge in [0.2, 0.25) is 5.28 Å². The minimum Gasteiger partial charge on any atom is -0.363 e. The first-order chi connectivity index (χ1) is 7.66. The molecule has 2 aromatic rings. The highest BCUT2D eigenvalue weighted by Crippen LogP contribution is 2.19. The third-order valence-corrected chi connectivity index (χ3v) is 2.53. The number of hydrogen-bond donors (Lipinski definition) is 1. The predicted molar refractivity (Wildman–Crippen MR) is 62.6 cm³/mol. The molecule has 0 saturated carbocycles. The van der Waals surface area contributed by atoms with Crippen LogP contribution in [0, 0.1) is 0 Å². The van der Waals surface area contributed by atoms with Gasteiger partial charge in [-0.1, -0.05) is 11.6 Å². The highest BCUT2D eigenvalue weighted by molar-refractivity contribution is 6.33. The maximum absolute atomic E-state index is 5.91. The topological polar surface area (TPSA) is 55.6 Å². The lowest BCUT2D eigenvalue weighted by molar-refractivity contribution is 0.720. The van der Waals surface area contributed by atoms with Gasteiger partial charge in [-0.15, -0.1) is 0 Å². The molecular weight excluding hydrogens is 249 g/mol. The molecule has 84 valence electrons. The fourth-order valence-electron chi connectivity index (χ4n) is 1.22. The summed E-state index contributed by atoms with van der Waals surface area (Å²) in [5, 5.41) is 7.72. The molecule has 7 heteroatoms. The van der Waals surface area contributed by atoms with Crippen molar-refractivity contribution in [2.45, 2.75) is 6.54 Å². The third kappa shape index (κ3) is 2.43. The molecule has 0 spiro atoms. The van der Waals surface area contributed by atoms with Gasteiger partial charge in [-0.05, 0) is 17.7 Å². The molecule has 0 aliphatic carbocycles. The molecule has 1 N–H and O–H groups in total. The van der Waals surface area contributed by atoms with E-state index in [0.29, 0.717) is 17.4 Å². The van der Waals surface area contributed by atoms with Gasteiger partial charge >= 0.3 is 0 Å². The Balaban J connectivity index is 2.10. The van der Waals surface area contributed by atoms with Gasteiger partial charge in [0.05, 0.1) is 18.4 Å². The van der Waals surface area contributed by atoms with Crippen LogP contribution in [-0.2, 0) is 13.6 Å². The van der Waals surface area contributed by atoms with E-state index in [1.54, 1.807) is 10.9 Å². The van der Waals surface area contributed by atoms with Gasteiger partial charge in [0.1, 0.15) is 10.8 Å². The Bertz CT molecular complexity index is 496. The van der Waals surface area contributed by atoms with E-state index in [0.717, 1.165) is 5.69 Å². The number of rotatable bonds is 3. The first-order valence-electron chi connectivity index (χ1n) is 4.55. The first-order valence-corrected chi connectivity index (χ1v) is 5.31. The summed E-state index contributed by atoms with van der Waals surface area (Å²) in [7, 11) is 1.87. The van der Waals surface area contributed by atoms with Crippen LogP contribution in [0.2, 0.25) is 10.3 Å². The maximum atomic E-state index is 5.91. The fraction of sp³-hybridized carbons (Fsp3) is 0.222. The fourth-order valence-corrected chi connectivity index (χ4v) is 1.51. The molecule has 0 radical (unpaired) electrons. The molecule has 0 saturated heterocycles. The van der Waals surface area contributed by atoms with Gasteiger partial charge in [0, 0.05) is 13.2 Å².